The lowest BCUT2D eigenvalue weighted by Gasteiger charge is -2.11. The van der Waals surface area contributed by atoms with Gasteiger partial charge < -0.3 is 14.3 Å². The number of ether oxygens (including phenoxy) is 1. The normalized spacial score (nSPS) is 11.6. The molecular formula is C25H22N6O4S. The highest BCUT2D eigenvalue weighted by atomic mass is 32.2. The molecule has 0 saturated carbocycles. The fraction of sp³-hybridized carbons (Fsp3) is 0.160. The molecule has 0 bridgehead atoms. The van der Waals surface area contributed by atoms with E-state index in [1.165, 1.54) is 19.2 Å². The Kier molecular flexibility index (Phi) is 6.06. The Morgan fingerprint density at radius 3 is 2.61 bits per heavy atom. The van der Waals surface area contributed by atoms with E-state index in [0.29, 0.717) is 46.4 Å². The number of ketones is 1. The molecule has 0 aliphatic carbocycles. The number of aromatic amines is 1. The van der Waals surface area contributed by atoms with Crippen molar-refractivity contribution in [3.63, 3.8) is 0 Å². The Morgan fingerprint density at radius 1 is 1.06 bits per heavy atom. The maximum Gasteiger partial charge on any atom is 0.195 e. The highest BCUT2D eigenvalue weighted by Gasteiger charge is 2.17. The number of benzene rings is 1. The third-order valence-corrected chi connectivity index (χ3v) is 7.20. The summed E-state index contributed by atoms with van der Waals surface area (Å²) < 4.78 is 31.9. The third-order valence-electron chi connectivity index (χ3n) is 5.56. The van der Waals surface area contributed by atoms with Gasteiger partial charge in [-0.3, -0.25) is 9.78 Å². The monoisotopic (exact) mass is 502 g/mol. The van der Waals surface area contributed by atoms with Crippen molar-refractivity contribution in [2.24, 2.45) is 0 Å². The number of hydrogen-bond acceptors (Lipinski definition) is 8. The van der Waals surface area contributed by atoms with E-state index in [9.17, 15) is 13.2 Å². The standard InChI is InChI=1S/C25H22N6O4S/c1-3-36(33,34)22-8-7-18(14-28-22)35-19-12-17(15-31-11-10-27-25(31)16(2)32)23-21(13-19)29-24(30-23)20-6-4-5-9-26-20/h4-14H,3,15H2,1-2H3,(H,29,30). The predicted octanol–water partition coefficient (Wildman–Crippen LogP) is 4.05. The minimum Gasteiger partial charge on any atom is -0.456 e. The van der Waals surface area contributed by atoms with Crippen LogP contribution in [0.1, 0.15) is 30.0 Å². The number of carbonyl (C=O) groups excluding carboxylic acids is 1. The maximum absolute atomic E-state index is 12.1. The van der Waals surface area contributed by atoms with Gasteiger partial charge in [0.15, 0.2) is 32.3 Å². The first kappa shape index (κ1) is 23.4. The number of pyridine rings is 2. The second-order valence-corrected chi connectivity index (χ2v) is 10.3. The van der Waals surface area contributed by atoms with Crippen LogP contribution < -0.4 is 4.74 Å². The largest absolute Gasteiger partial charge is 0.456 e. The second kappa shape index (κ2) is 9.34. The Labute approximate surface area is 207 Å². The summed E-state index contributed by atoms with van der Waals surface area (Å²) in [6.07, 6.45) is 6.38. The van der Waals surface area contributed by atoms with Crippen LogP contribution in [-0.4, -0.2) is 49.4 Å². The Morgan fingerprint density at radius 2 is 1.92 bits per heavy atom. The SMILES string of the molecule is CCS(=O)(=O)c1ccc(Oc2cc(Cn3ccnc3C(C)=O)c3nc(-c4ccccn4)[nH]c3c2)cn1. The summed E-state index contributed by atoms with van der Waals surface area (Å²) in [5.41, 5.74) is 2.89. The van der Waals surface area contributed by atoms with E-state index in [1.807, 2.05) is 24.3 Å². The van der Waals surface area contributed by atoms with Crippen molar-refractivity contribution in [2.75, 3.05) is 5.75 Å². The number of H-pyrrole nitrogens is 1. The molecule has 4 heterocycles. The number of Topliss-reactive ketones (excluding diaryl/α,β-unsaturated/α-hetero) is 1. The minimum atomic E-state index is -3.41. The molecule has 36 heavy (non-hydrogen) atoms. The molecule has 0 radical (unpaired) electrons. The van der Waals surface area contributed by atoms with Crippen molar-refractivity contribution in [2.45, 2.75) is 25.4 Å². The molecule has 5 rings (SSSR count). The van der Waals surface area contributed by atoms with Crippen LogP contribution in [0, 0.1) is 0 Å². The molecule has 5 aromatic rings. The van der Waals surface area contributed by atoms with E-state index in [4.69, 9.17) is 9.72 Å². The van der Waals surface area contributed by atoms with E-state index in [0.717, 1.165) is 5.56 Å². The molecule has 1 N–H and O–H groups in total. The molecule has 182 valence electrons. The minimum absolute atomic E-state index is 0.000989. The first-order valence-corrected chi connectivity index (χ1v) is 12.8. The average molecular weight is 503 g/mol. The molecule has 0 saturated heterocycles. The number of carbonyl (C=O) groups is 1. The fourth-order valence-electron chi connectivity index (χ4n) is 3.79. The second-order valence-electron chi connectivity index (χ2n) is 8.05. The topological polar surface area (TPSA) is 133 Å². The Balaban J connectivity index is 1.56. The number of fused-ring (bicyclic) bond motifs is 1. The molecule has 0 fully saturated rings. The van der Waals surface area contributed by atoms with Crippen molar-refractivity contribution in [3.05, 3.63) is 78.6 Å². The van der Waals surface area contributed by atoms with Crippen LogP contribution in [0.4, 0.5) is 0 Å². The first-order valence-electron chi connectivity index (χ1n) is 11.2. The van der Waals surface area contributed by atoms with Crippen LogP contribution in [0.3, 0.4) is 0 Å². The van der Waals surface area contributed by atoms with Gasteiger partial charge in [-0.25, -0.2) is 23.4 Å². The van der Waals surface area contributed by atoms with Crippen LogP contribution in [0.5, 0.6) is 11.5 Å². The molecule has 10 nitrogen and oxygen atoms in total. The number of sulfone groups is 1. The summed E-state index contributed by atoms with van der Waals surface area (Å²) in [4.78, 5) is 32.6. The number of imidazole rings is 2. The third kappa shape index (κ3) is 4.60. The van der Waals surface area contributed by atoms with Gasteiger partial charge in [0.05, 0.1) is 29.5 Å². The van der Waals surface area contributed by atoms with Gasteiger partial charge in [-0.05, 0) is 30.3 Å². The van der Waals surface area contributed by atoms with E-state index < -0.39 is 9.84 Å². The van der Waals surface area contributed by atoms with Crippen LogP contribution >= 0.6 is 0 Å². The summed E-state index contributed by atoms with van der Waals surface area (Å²) in [6, 6.07) is 12.2. The molecule has 4 aromatic heterocycles. The average Bonchev–Trinajstić information content (AvgIpc) is 3.52. The quantitative estimate of drug-likeness (QED) is 0.314. The summed E-state index contributed by atoms with van der Waals surface area (Å²) in [5.74, 6) is 1.63. The fourth-order valence-corrected chi connectivity index (χ4v) is 4.58. The smallest absolute Gasteiger partial charge is 0.195 e. The molecule has 0 atom stereocenters. The number of hydrogen-bond donors (Lipinski definition) is 1. The lowest BCUT2D eigenvalue weighted by Crippen LogP contribution is -2.08. The zero-order valence-corrected chi connectivity index (χ0v) is 20.4. The van der Waals surface area contributed by atoms with E-state index >= 15 is 0 Å². The van der Waals surface area contributed by atoms with Gasteiger partial charge >= 0.3 is 0 Å². The number of nitrogens with one attached hydrogen (secondary N) is 1. The first-order chi connectivity index (χ1) is 17.3. The highest BCUT2D eigenvalue weighted by molar-refractivity contribution is 7.91. The molecule has 0 aliphatic heterocycles. The summed E-state index contributed by atoms with van der Waals surface area (Å²) >= 11 is 0. The van der Waals surface area contributed by atoms with Crippen LogP contribution in [-0.2, 0) is 16.4 Å². The number of nitrogens with zero attached hydrogens (tertiary/aromatic N) is 5. The highest BCUT2D eigenvalue weighted by Crippen LogP contribution is 2.30. The van der Waals surface area contributed by atoms with Crippen molar-refractivity contribution in [3.8, 4) is 23.0 Å². The van der Waals surface area contributed by atoms with Crippen molar-refractivity contribution in [1.29, 1.82) is 0 Å². The molecular weight excluding hydrogens is 480 g/mol. The molecule has 0 amide bonds. The molecule has 0 spiro atoms. The number of aromatic nitrogens is 6. The summed E-state index contributed by atoms with van der Waals surface area (Å²) in [6.45, 7) is 3.37. The van der Waals surface area contributed by atoms with Crippen molar-refractivity contribution < 1.29 is 17.9 Å². The van der Waals surface area contributed by atoms with Gasteiger partial charge in [-0.15, -0.1) is 0 Å². The number of rotatable bonds is 8. The van der Waals surface area contributed by atoms with Crippen molar-refractivity contribution in [1.82, 2.24) is 29.5 Å². The molecule has 0 aliphatic rings. The van der Waals surface area contributed by atoms with Gasteiger partial charge in [0.2, 0.25) is 0 Å². The van der Waals surface area contributed by atoms with Gasteiger partial charge in [-0.1, -0.05) is 13.0 Å². The lowest BCUT2D eigenvalue weighted by atomic mass is 10.1. The van der Waals surface area contributed by atoms with Crippen molar-refractivity contribution >= 4 is 26.7 Å². The molecule has 0 unspecified atom stereocenters. The zero-order valence-electron chi connectivity index (χ0n) is 19.5. The van der Waals surface area contributed by atoms with Gasteiger partial charge in [0.1, 0.15) is 17.2 Å². The summed E-state index contributed by atoms with van der Waals surface area (Å²) in [7, 11) is -3.41. The van der Waals surface area contributed by atoms with Gasteiger partial charge in [0, 0.05) is 37.1 Å². The van der Waals surface area contributed by atoms with Gasteiger partial charge in [0.25, 0.3) is 0 Å². The van der Waals surface area contributed by atoms with E-state index in [2.05, 4.69) is 19.9 Å². The Bertz CT molecular complexity index is 1660. The van der Waals surface area contributed by atoms with Crippen LogP contribution in [0.25, 0.3) is 22.6 Å². The summed E-state index contributed by atoms with van der Waals surface area (Å²) in [5, 5.41) is -0.000989. The Hall–Kier alpha value is -4.38. The molecule has 1 aromatic carbocycles. The zero-order chi connectivity index (χ0) is 25.3. The predicted molar refractivity (Wildman–Crippen MR) is 133 cm³/mol. The van der Waals surface area contributed by atoms with Crippen LogP contribution in [0.2, 0.25) is 0 Å². The lowest BCUT2D eigenvalue weighted by molar-refractivity contribution is 0.1000. The molecule has 11 heteroatoms. The maximum atomic E-state index is 12.1. The van der Waals surface area contributed by atoms with Crippen LogP contribution in [0.15, 0.2) is 72.3 Å². The van der Waals surface area contributed by atoms with Gasteiger partial charge in [-0.2, -0.15) is 0 Å². The van der Waals surface area contributed by atoms with E-state index in [1.54, 1.807) is 42.2 Å². The van der Waals surface area contributed by atoms with E-state index in [-0.39, 0.29) is 16.6 Å².